The molecule has 6 rings (SSSR count). The number of hydrogen-bond donors (Lipinski definition) is 0. The molecule has 0 saturated heterocycles. The normalized spacial score (nSPS) is 14.3. The molecule has 33 heavy (non-hydrogen) atoms. The van der Waals surface area contributed by atoms with E-state index in [9.17, 15) is 0 Å². The van der Waals surface area contributed by atoms with E-state index in [-0.39, 0.29) is 6.10 Å². The minimum atomic E-state index is -0.170. The van der Waals surface area contributed by atoms with Crippen LogP contribution in [0.5, 0.6) is 5.75 Å². The minimum Gasteiger partial charge on any atom is -0.479 e. The standard InChI is InChI=1S/C31H25NO/c1-22-28-26-19-11-12-20-27(26)33-31(25-17-9-4-10-18-25)30(28)32(21-23-13-5-2-6-14-23)29(22)24-15-7-3-8-16-24/h2-20,31H,21H2,1H3. The van der Waals surface area contributed by atoms with Crippen molar-refractivity contribution in [2.24, 2.45) is 0 Å². The van der Waals surface area contributed by atoms with Crippen LogP contribution in [0.1, 0.15) is 28.5 Å². The molecular formula is C31H25NO. The zero-order chi connectivity index (χ0) is 22.2. The summed E-state index contributed by atoms with van der Waals surface area (Å²) in [5, 5.41) is 0. The Labute approximate surface area is 194 Å². The van der Waals surface area contributed by atoms with E-state index in [2.05, 4.69) is 127 Å². The predicted molar refractivity (Wildman–Crippen MR) is 134 cm³/mol. The van der Waals surface area contributed by atoms with Crippen LogP contribution in [0.3, 0.4) is 0 Å². The first-order valence-corrected chi connectivity index (χ1v) is 11.4. The first kappa shape index (κ1) is 19.6. The zero-order valence-corrected chi connectivity index (χ0v) is 18.6. The predicted octanol–water partition coefficient (Wildman–Crippen LogP) is 7.66. The summed E-state index contributed by atoms with van der Waals surface area (Å²) in [6, 6.07) is 40.4. The summed E-state index contributed by atoms with van der Waals surface area (Å²) >= 11 is 0. The molecule has 0 saturated carbocycles. The molecule has 2 nitrogen and oxygen atoms in total. The topological polar surface area (TPSA) is 14.2 Å². The number of rotatable bonds is 4. The summed E-state index contributed by atoms with van der Waals surface area (Å²) < 4.78 is 9.18. The molecule has 5 aromatic rings. The molecule has 0 aliphatic carbocycles. The molecule has 1 aliphatic heterocycles. The van der Waals surface area contributed by atoms with E-state index in [1.165, 1.54) is 44.8 Å². The average molecular weight is 428 g/mol. The maximum Gasteiger partial charge on any atom is 0.164 e. The van der Waals surface area contributed by atoms with Crippen molar-refractivity contribution in [2.75, 3.05) is 0 Å². The zero-order valence-electron chi connectivity index (χ0n) is 18.6. The Hall–Kier alpha value is -4.04. The maximum absolute atomic E-state index is 6.71. The van der Waals surface area contributed by atoms with Gasteiger partial charge in [-0.3, -0.25) is 0 Å². The molecule has 0 amide bonds. The Kier molecular flexibility index (Phi) is 4.84. The molecule has 0 radical (unpaired) electrons. The molecule has 160 valence electrons. The molecule has 1 unspecified atom stereocenters. The van der Waals surface area contributed by atoms with Gasteiger partial charge in [0, 0.05) is 17.7 Å². The van der Waals surface area contributed by atoms with E-state index in [1.54, 1.807) is 0 Å². The Morgan fingerprint density at radius 1 is 0.697 bits per heavy atom. The number of para-hydroxylation sites is 1. The quantitative estimate of drug-likeness (QED) is 0.287. The van der Waals surface area contributed by atoms with Gasteiger partial charge in [0.05, 0.1) is 11.4 Å². The molecule has 1 aliphatic rings. The summed E-state index contributed by atoms with van der Waals surface area (Å²) in [6.07, 6.45) is -0.170. The third-order valence-corrected chi connectivity index (χ3v) is 6.53. The highest BCUT2D eigenvalue weighted by molar-refractivity contribution is 5.85. The van der Waals surface area contributed by atoms with Crippen molar-refractivity contribution >= 4 is 0 Å². The van der Waals surface area contributed by atoms with Crippen LogP contribution >= 0.6 is 0 Å². The third kappa shape index (κ3) is 3.35. The summed E-state index contributed by atoms with van der Waals surface area (Å²) in [6.45, 7) is 3.04. The molecule has 1 aromatic heterocycles. The van der Waals surface area contributed by atoms with Crippen LogP contribution in [0, 0.1) is 6.92 Å². The second kappa shape index (κ2) is 8.14. The number of nitrogens with zero attached hydrogens (tertiary/aromatic N) is 1. The minimum absolute atomic E-state index is 0.170. The first-order chi connectivity index (χ1) is 16.3. The molecule has 4 aromatic carbocycles. The number of ether oxygens (including phenoxy) is 1. The third-order valence-electron chi connectivity index (χ3n) is 6.53. The highest BCUT2D eigenvalue weighted by atomic mass is 16.5. The molecule has 0 fully saturated rings. The van der Waals surface area contributed by atoms with Gasteiger partial charge in [0.25, 0.3) is 0 Å². The van der Waals surface area contributed by atoms with Crippen molar-refractivity contribution in [2.45, 2.75) is 19.6 Å². The Morgan fingerprint density at radius 3 is 2.03 bits per heavy atom. The van der Waals surface area contributed by atoms with E-state index >= 15 is 0 Å². The number of hydrogen-bond acceptors (Lipinski definition) is 1. The molecule has 0 N–H and O–H groups in total. The number of aromatic nitrogens is 1. The fraction of sp³-hybridized carbons (Fsp3) is 0.0968. The molecule has 0 spiro atoms. The van der Waals surface area contributed by atoms with Crippen molar-refractivity contribution in [3.63, 3.8) is 0 Å². The number of fused-ring (bicyclic) bond motifs is 3. The summed E-state index contributed by atoms with van der Waals surface area (Å²) in [5.41, 5.74) is 9.90. The largest absolute Gasteiger partial charge is 0.479 e. The SMILES string of the molecule is Cc1c2c(n(Cc3ccccc3)c1-c1ccccc1)C(c1ccccc1)Oc1ccccc1-2. The van der Waals surface area contributed by atoms with Gasteiger partial charge in [-0.2, -0.15) is 0 Å². The molecular weight excluding hydrogens is 402 g/mol. The van der Waals surface area contributed by atoms with E-state index in [1.807, 2.05) is 0 Å². The van der Waals surface area contributed by atoms with Gasteiger partial charge in [0.2, 0.25) is 0 Å². The van der Waals surface area contributed by atoms with Gasteiger partial charge < -0.3 is 9.30 Å². The molecule has 1 atom stereocenters. The smallest absolute Gasteiger partial charge is 0.164 e. The summed E-state index contributed by atoms with van der Waals surface area (Å²) in [4.78, 5) is 0. The van der Waals surface area contributed by atoms with Crippen LogP contribution in [0.15, 0.2) is 115 Å². The van der Waals surface area contributed by atoms with E-state index in [4.69, 9.17) is 4.74 Å². The highest BCUT2D eigenvalue weighted by Crippen LogP contribution is 2.50. The van der Waals surface area contributed by atoms with Crippen molar-refractivity contribution in [3.8, 4) is 28.1 Å². The maximum atomic E-state index is 6.71. The molecule has 0 bridgehead atoms. The fourth-order valence-corrected chi connectivity index (χ4v) is 5.09. The Balaban J connectivity index is 1.68. The van der Waals surface area contributed by atoms with E-state index in [0.29, 0.717) is 0 Å². The van der Waals surface area contributed by atoms with Gasteiger partial charge in [-0.15, -0.1) is 0 Å². The van der Waals surface area contributed by atoms with E-state index in [0.717, 1.165) is 12.3 Å². The summed E-state index contributed by atoms with van der Waals surface area (Å²) in [7, 11) is 0. The molecule has 2 heterocycles. The van der Waals surface area contributed by atoms with Crippen LogP contribution < -0.4 is 4.74 Å². The lowest BCUT2D eigenvalue weighted by Crippen LogP contribution is -2.19. The van der Waals surface area contributed by atoms with Gasteiger partial charge in [0.15, 0.2) is 6.10 Å². The van der Waals surface area contributed by atoms with Crippen LogP contribution in [-0.2, 0) is 6.54 Å². The lowest BCUT2D eigenvalue weighted by atomic mass is 9.92. The Bertz CT molecular complexity index is 1400. The van der Waals surface area contributed by atoms with Gasteiger partial charge in [-0.1, -0.05) is 109 Å². The van der Waals surface area contributed by atoms with Gasteiger partial charge >= 0.3 is 0 Å². The van der Waals surface area contributed by atoms with Gasteiger partial charge in [0.1, 0.15) is 5.75 Å². The lowest BCUT2D eigenvalue weighted by molar-refractivity contribution is 0.234. The van der Waals surface area contributed by atoms with Crippen molar-refractivity contribution in [1.82, 2.24) is 4.57 Å². The monoisotopic (exact) mass is 427 g/mol. The highest BCUT2D eigenvalue weighted by Gasteiger charge is 2.34. The van der Waals surface area contributed by atoms with Gasteiger partial charge in [-0.25, -0.2) is 0 Å². The fourth-order valence-electron chi connectivity index (χ4n) is 5.09. The number of benzene rings is 4. The van der Waals surface area contributed by atoms with Crippen LogP contribution in [0.4, 0.5) is 0 Å². The van der Waals surface area contributed by atoms with Crippen molar-refractivity contribution < 1.29 is 4.74 Å². The van der Waals surface area contributed by atoms with Gasteiger partial charge in [-0.05, 0) is 35.2 Å². The second-order valence-corrected chi connectivity index (χ2v) is 8.58. The Morgan fingerprint density at radius 2 is 1.30 bits per heavy atom. The summed E-state index contributed by atoms with van der Waals surface area (Å²) in [5.74, 6) is 0.943. The van der Waals surface area contributed by atoms with Crippen LogP contribution in [0.2, 0.25) is 0 Å². The van der Waals surface area contributed by atoms with Crippen LogP contribution in [0.25, 0.3) is 22.4 Å². The lowest BCUT2D eigenvalue weighted by Gasteiger charge is -2.29. The first-order valence-electron chi connectivity index (χ1n) is 11.4. The second-order valence-electron chi connectivity index (χ2n) is 8.58. The van der Waals surface area contributed by atoms with E-state index < -0.39 is 0 Å². The van der Waals surface area contributed by atoms with Crippen LogP contribution in [-0.4, -0.2) is 4.57 Å². The molecule has 2 heteroatoms. The average Bonchev–Trinajstić information content (AvgIpc) is 3.17. The van der Waals surface area contributed by atoms with Crippen molar-refractivity contribution in [1.29, 1.82) is 0 Å². The van der Waals surface area contributed by atoms with Crippen molar-refractivity contribution in [3.05, 3.63) is 138 Å².